The van der Waals surface area contributed by atoms with E-state index in [1.807, 2.05) is 31.2 Å². The number of nitrogens with zero attached hydrogens (tertiary/aromatic N) is 3. The van der Waals surface area contributed by atoms with E-state index in [-0.39, 0.29) is 28.7 Å². The largest absolute Gasteiger partial charge is 0.324 e. The number of nitrogens with one attached hydrogen (secondary N) is 2. The maximum atomic E-state index is 13.0. The van der Waals surface area contributed by atoms with Crippen LogP contribution in [0.1, 0.15) is 39.1 Å². The molecule has 0 spiro atoms. The first-order valence-electron chi connectivity index (χ1n) is 10.0. The molecule has 160 valence electrons. The minimum Gasteiger partial charge on any atom is -0.324 e. The van der Waals surface area contributed by atoms with Crippen molar-refractivity contribution in [2.45, 2.75) is 25.7 Å². The van der Waals surface area contributed by atoms with Gasteiger partial charge in [-0.25, -0.2) is 9.18 Å². The van der Waals surface area contributed by atoms with E-state index in [0.29, 0.717) is 18.8 Å². The third kappa shape index (κ3) is 5.24. The fraction of sp³-hybridized carbons (Fsp3) is 0.273. The van der Waals surface area contributed by atoms with E-state index in [1.54, 1.807) is 4.90 Å². The van der Waals surface area contributed by atoms with Gasteiger partial charge < -0.3 is 15.5 Å². The fourth-order valence-corrected chi connectivity index (χ4v) is 4.36. The lowest BCUT2D eigenvalue weighted by Crippen LogP contribution is -2.41. The van der Waals surface area contributed by atoms with Gasteiger partial charge in [-0.3, -0.25) is 4.79 Å². The number of urea groups is 1. The number of halogens is 1. The predicted octanol–water partition coefficient (Wildman–Crippen LogP) is 4.65. The van der Waals surface area contributed by atoms with Crippen LogP contribution in [0.4, 0.5) is 20.6 Å². The van der Waals surface area contributed by atoms with Crippen LogP contribution >= 0.6 is 11.3 Å². The van der Waals surface area contributed by atoms with Gasteiger partial charge in [0.1, 0.15) is 10.8 Å². The number of amides is 3. The molecule has 1 aromatic heterocycles. The third-order valence-corrected chi connectivity index (χ3v) is 6.15. The van der Waals surface area contributed by atoms with Crippen molar-refractivity contribution in [2.75, 3.05) is 23.7 Å². The van der Waals surface area contributed by atoms with E-state index in [1.165, 1.54) is 35.6 Å². The Bertz CT molecular complexity index is 1090. The Morgan fingerprint density at radius 1 is 1.10 bits per heavy atom. The number of likely N-dealkylation sites (tertiary alicyclic amines) is 1. The lowest BCUT2D eigenvalue weighted by Gasteiger charge is -2.31. The van der Waals surface area contributed by atoms with Gasteiger partial charge in [0.25, 0.3) is 5.91 Å². The number of anilines is 2. The SMILES string of the molecule is Cc1cccc(NC(=O)N2CCC[C@H](c3nnc(C(=O)Nc4ccc(F)cc4)s3)C2)c1. The highest BCUT2D eigenvalue weighted by atomic mass is 32.1. The van der Waals surface area contributed by atoms with Crippen molar-refractivity contribution in [1.29, 1.82) is 0 Å². The van der Waals surface area contributed by atoms with Gasteiger partial charge in [0.15, 0.2) is 0 Å². The zero-order chi connectivity index (χ0) is 21.8. The first-order valence-corrected chi connectivity index (χ1v) is 10.8. The molecule has 31 heavy (non-hydrogen) atoms. The van der Waals surface area contributed by atoms with Crippen molar-refractivity contribution in [1.82, 2.24) is 15.1 Å². The topological polar surface area (TPSA) is 87.2 Å². The number of aromatic nitrogens is 2. The van der Waals surface area contributed by atoms with Crippen molar-refractivity contribution in [3.63, 3.8) is 0 Å². The molecule has 0 bridgehead atoms. The van der Waals surface area contributed by atoms with Crippen LogP contribution in [0.5, 0.6) is 0 Å². The number of benzene rings is 2. The molecule has 1 atom stereocenters. The quantitative estimate of drug-likeness (QED) is 0.620. The molecular formula is C22H22FN5O2S. The molecule has 0 aliphatic carbocycles. The number of aryl methyl sites for hydroxylation is 1. The average molecular weight is 440 g/mol. The molecule has 9 heteroatoms. The molecule has 4 rings (SSSR count). The second-order valence-electron chi connectivity index (χ2n) is 7.49. The Hall–Kier alpha value is -3.33. The van der Waals surface area contributed by atoms with E-state index in [2.05, 4.69) is 20.8 Å². The fourth-order valence-electron chi connectivity index (χ4n) is 3.50. The molecular weight excluding hydrogens is 417 g/mol. The third-order valence-electron chi connectivity index (χ3n) is 5.06. The monoisotopic (exact) mass is 439 g/mol. The second kappa shape index (κ2) is 9.22. The van der Waals surface area contributed by atoms with Gasteiger partial charge in [0.2, 0.25) is 5.01 Å². The van der Waals surface area contributed by atoms with E-state index in [0.717, 1.165) is 29.1 Å². The van der Waals surface area contributed by atoms with Gasteiger partial charge in [0, 0.05) is 30.4 Å². The number of carbonyl (C=O) groups excluding carboxylic acids is 2. The van der Waals surface area contributed by atoms with Crippen LogP contribution in [0.25, 0.3) is 0 Å². The normalized spacial score (nSPS) is 16.1. The summed E-state index contributed by atoms with van der Waals surface area (Å²) in [5, 5.41) is 14.8. The number of carbonyl (C=O) groups is 2. The highest BCUT2D eigenvalue weighted by molar-refractivity contribution is 7.13. The summed E-state index contributed by atoms with van der Waals surface area (Å²) in [7, 11) is 0. The molecule has 2 N–H and O–H groups in total. The van der Waals surface area contributed by atoms with Gasteiger partial charge in [-0.2, -0.15) is 0 Å². The van der Waals surface area contributed by atoms with Crippen LogP contribution in [-0.4, -0.2) is 40.1 Å². The molecule has 1 fully saturated rings. The summed E-state index contributed by atoms with van der Waals surface area (Å²) >= 11 is 1.22. The molecule has 0 unspecified atom stereocenters. The van der Waals surface area contributed by atoms with Gasteiger partial charge >= 0.3 is 6.03 Å². The maximum absolute atomic E-state index is 13.0. The summed E-state index contributed by atoms with van der Waals surface area (Å²) < 4.78 is 13.0. The minimum atomic E-state index is -0.389. The van der Waals surface area contributed by atoms with Crippen molar-refractivity contribution in [3.8, 4) is 0 Å². The van der Waals surface area contributed by atoms with E-state index < -0.39 is 0 Å². The Balaban J connectivity index is 1.38. The minimum absolute atomic E-state index is 0.0295. The summed E-state index contributed by atoms with van der Waals surface area (Å²) in [4.78, 5) is 26.9. The van der Waals surface area contributed by atoms with Crippen LogP contribution in [0.3, 0.4) is 0 Å². The number of piperidine rings is 1. The number of hydrogen-bond acceptors (Lipinski definition) is 5. The predicted molar refractivity (Wildman–Crippen MR) is 118 cm³/mol. The molecule has 2 aromatic carbocycles. The van der Waals surface area contributed by atoms with Crippen molar-refractivity contribution >= 4 is 34.6 Å². The van der Waals surface area contributed by atoms with Crippen LogP contribution in [0, 0.1) is 12.7 Å². The highest BCUT2D eigenvalue weighted by Crippen LogP contribution is 2.29. The van der Waals surface area contributed by atoms with E-state index in [4.69, 9.17) is 0 Å². The van der Waals surface area contributed by atoms with Crippen LogP contribution < -0.4 is 10.6 Å². The molecule has 7 nitrogen and oxygen atoms in total. The Kier molecular flexibility index (Phi) is 6.22. The molecule has 3 aromatic rings. The van der Waals surface area contributed by atoms with Crippen molar-refractivity contribution < 1.29 is 14.0 Å². The second-order valence-corrected chi connectivity index (χ2v) is 8.50. The summed E-state index contributed by atoms with van der Waals surface area (Å²) in [6.45, 7) is 3.17. The number of rotatable bonds is 4. The maximum Gasteiger partial charge on any atom is 0.321 e. The summed E-state index contributed by atoms with van der Waals surface area (Å²) in [6.07, 6.45) is 1.73. The first-order chi connectivity index (χ1) is 15.0. The molecule has 0 saturated carbocycles. The Labute approximate surface area is 183 Å². The summed E-state index contributed by atoms with van der Waals surface area (Å²) in [5.41, 5.74) is 2.33. The lowest BCUT2D eigenvalue weighted by atomic mass is 9.99. The zero-order valence-corrected chi connectivity index (χ0v) is 17.8. The summed E-state index contributed by atoms with van der Waals surface area (Å²) in [6, 6.07) is 13.1. The first kappa shape index (κ1) is 20.9. The van der Waals surface area contributed by atoms with Gasteiger partial charge in [-0.05, 0) is 61.7 Å². The smallest absolute Gasteiger partial charge is 0.321 e. The molecule has 3 amide bonds. The van der Waals surface area contributed by atoms with E-state index >= 15 is 0 Å². The summed E-state index contributed by atoms with van der Waals surface area (Å²) in [5.74, 6) is -0.730. The zero-order valence-electron chi connectivity index (χ0n) is 17.0. The highest BCUT2D eigenvalue weighted by Gasteiger charge is 2.28. The molecule has 1 aliphatic rings. The van der Waals surface area contributed by atoms with Gasteiger partial charge in [-0.15, -0.1) is 10.2 Å². The Morgan fingerprint density at radius 3 is 2.68 bits per heavy atom. The Morgan fingerprint density at radius 2 is 1.90 bits per heavy atom. The van der Waals surface area contributed by atoms with Crippen molar-refractivity contribution in [2.24, 2.45) is 0 Å². The van der Waals surface area contributed by atoms with Crippen LogP contribution in [0.15, 0.2) is 48.5 Å². The van der Waals surface area contributed by atoms with Gasteiger partial charge in [0.05, 0.1) is 0 Å². The molecule has 1 aliphatic heterocycles. The van der Waals surface area contributed by atoms with Crippen molar-refractivity contribution in [3.05, 3.63) is 69.9 Å². The number of hydrogen-bond donors (Lipinski definition) is 2. The average Bonchev–Trinajstić information content (AvgIpc) is 3.26. The lowest BCUT2D eigenvalue weighted by molar-refractivity contribution is 0.102. The molecule has 0 radical (unpaired) electrons. The van der Waals surface area contributed by atoms with Gasteiger partial charge in [-0.1, -0.05) is 23.5 Å². The molecule has 1 saturated heterocycles. The molecule has 2 heterocycles. The van der Waals surface area contributed by atoms with Crippen LogP contribution in [-0.2, 0) is 0 Å². The standard InChI is InChI=1S/C22H22FN5O2S/c1-14-4-2-6-18(12-14)25-22(30)28-11-3-5-15(13-28)20-26-27-21(31-20)19(29)24-17-9-7-16(23)8-10-17/h2,4,6-10,12,15H,3,5,11,13H2,1H3,(H,24,29)(H,25,30)/t15-/m0/s1. The van der Waals surface area contributed by atoms with E-state index in [9.17, 15) is 14.0 Å². The van der Waals surface area contributed by atoms with Crippen LogP contribution in [0.2, 0.25) is 0 Å².